The smallest absolute Gasteiger partial charge is 0.254 e. The molecule has 0 aromatic heterocycles. The van der Waals surface area contributed by atoms with Gasteiger partial charge in [0.25, 0.3) is 6.43 Å². The van der Waals surface area contributed by atoms with Crippen molar-refractivity contribution in [3.63, 3.8) is 0 Å². The molecule has 1 rings (SSSR count). The zero-order chi connectivity index (χ0) is 9.84. The second-order valence-electron chi connectivity index (χ2n) is 3.65. The van der Waals surface area contributed by atoms with Crippen LogP contribution >= 0.6 is 0 Å². The fraction of sp³-hybridized carbons (Fsp3) is 1.00. The van der Waals surface area contributed by atoms with Crippen LogP contribution in [0.1, 0.15) is 20.3 Å². The fourth-order valence-electron chi connectivity index (χ4n) is 1.63. The van der Waals surface area contributed by atoms with Gasteiger partial charge in [-0.1, -0.05) is 6.92 Å². The molecule has 0 saturated carbocycles. The summed E-state index contributed by atoms with van der Waals surface area (Å²) in [6.07, 6.45) is -1.22. The molecule has 1 aliphatic heterocycles. The van der Waals surface area contributed by atoms with Gasteiger partial charge in [-0.3, -0.25) is 4.90 Å². The molecule has 2 nitrogen and oxygen atoms in total. The average molecular weight is 192 g/mol. The van der Waals surface area contributed by atoms with E-state index in [2.05, 4.69) is 24.1 Å². The Kier molecular flexibility index (Phi) is 4.06. The minimum atomic E-state index is -2.24. The molecule has 2 atom stereocenters. The molecule has 1 unspecified atom stereocenters. The zero-order valence-electron chi connectivity index (χ0n) is 8.26. The highest BCUT2D eigenvalue weighted by Gasteiger charge is 2.27. The van der Waals surface area contributed by atoms with E-state index in [9.17, 15) is 8.78 Å². The van der Waals surface area contributed by atoms with Gasteiger partial charge in [-0.25, -0.2) is 8.78 Å². The number of piperazine rings is 1. The number of hydrogen-bond donors (Lipinski definition) is 1. The minimum Gasteiger partial charge on any atom is -0.307 e. The van der Waals surface area contributed by atoms with E-state index in [0.717, 1.165) is 13.0 Å². The molecule has 13 heavy (non-hydrogen) atoms. The van der Waals surface area contributed by atoms with E-state index in [-0.39, 0.29) is 0 Å². The quantitative estimate of drug-likeness (QED) is 0.725. The van der Waals surface area contributed by atoms with E-state index in [0.29, 0.717) is 19.1 Å². The van der Waals surface area contributed by atoms with Crippen molar-refractivity contribution in [3.8, 4) is 0 Å². The van der Waals surface area contributed by atoms with Gasteiger partial charge in [0.2, 0.25) is 0 Å². The number of hydrogen-bond acceptors (Lipinski definition) is 2. The Morgan fingerprint density at radius 2 is 2.23 bits per heavy atom. The van der Waals surface area contributed by atoms with Gasteiger partial charge in [-0.05, 0) is 13.3 Å². The molecule has 0 spiro atoms. The van der Waals surface area contributed by atoms with Crippen LogP contribution in [0.15, 0.2) is 0 Å². The topological polar surface area (TPSA) is 15.3 Å². The first-order chi connectivity index (χ1) is 6.15. The van der Waals surface area contributed by atoms with E-state index >= 15 is 0 Å². The van der Waals surface area contributed by atoms with Crippen LogP contribution < -0.4 is 5.32 Å². The molecule has 0 aliphatic carbocycles. The highest BCUT2D eigenvalue weighted by molar-refractivity contribution is 4.82. The lowest BCUT2D eigenvalue weighted by atomic mass is 10.1. The van der Waals surface area contributed by atoms with E-state index in [4.69, 9.17) is 0 Å². The highest BCUT2D eigenvalue weighted by atomic mass is 19.3. The number of halogens is 2. The molecule has 1 fully saturated rings. The summed E-state index contributed by atoms with van der Waals surface area (Å²) in [4.78, 5) is 2.13. The Hall–Kier alpha value is -0.220. The second-order valence-corrected chi connectivity index (χ2v) is 3.65. The summed E-state index contributed by atoms with van der Waals surface area (Å²) < 4.78 is 24.7. The zero-order valence-corrected chi connectivity index (χ0v) is 8.26. The van der Waals surface area contributed by atoms with Crippen molar-refractivity contribution < 1.29 is 8.78 Å². The Labute approximate surface area is 78.3 Å². The van der Waals surface area contributed by atoms with E-state index < -0.39 is 12.5 Å². The van der Waals surface area contributed by atoms with Crippen molar-refractivity contribution in [2.45, 2.75) is 38.8 Å². The lowest BCUT2D eigenvalue weighted by Crippen LogP contribution is -2.55. The molecule has 0 bridgehead atoms. The Morgan fingerprint density at radius 1 is 1.54 bits per heavy atom. The SMILES string of the molecule is CCC(C)N1CCN[C@@H](C(F)F)C1. The maximum absolute atomic E-state index is 12.4. The maximum Gasteiger partial charge on any atom is 0.254 e. The van der Waals surface area contributed by atoms with Crippen molar-refractivity contribution in [2.24, 2.45) is 0 Å². The summed E-state index contributed by atoms with van der Waals surface area (Å²) in [6.45, 7) is 6.22. The number of rotatable bonds is 3. The molecule has 1 aliphatic rings. The highest BCUT2D eigenvalue weighted by Crippen LogP contribution is 2.11. The molecule has 0 amide bonds. The van der Waals surface area contributed by atoms with Crippen LogP contribution in [0.3, 0.4) is 0 Å². The number of alkyl halides is 2. The molecule has 1 N–H and O–H groups in total. The summed E-state index contributed by atoms with van der Waals surface area (Å²) in [5.41, 5.74) is 0. The van der Waals surface area contributed by atoms with Gasteiger partial charge in [0.1, 0.15) is 0 Å². The van der Waals surface area contributed by atoms with E-state index in [1.165, 1.54) is 0 Å². The van der Waals surface area contributed by atoms with Gasteiger partial charge in [-0.15, -0.1) is 0 Å². The van der Waals surface area contributed by atoms with Crippen molar-refractivity contribution in [3.05, 3.63) is 0 Å². The Bertz CT molecular complexity index is 153. The molecule has 78 valence electrons. The standard InChI is InChI=1S/C9H18F2N2/c1-3-7(2)13-5-4-12-8(6-13)9(10)11/h7-9,12H,3-6H2,1-2H3/t7?,8-/m1/s1. The average Bonchev–Trinajstić information content (AvgIpc) is 2.17. The van der Waals surface area contributed by atoms with Gasteiger partial charge in [-0.2, -0.15) is 0 Å². The summed E-state index contributed by atoms with van der Waals surface area (Å²) in [6, 6.07) is -0.217. The van der Waals surface area contributed by atoms with Crippen molar-refractivity contribution in [1.29, 1.82) is 0 Å². The van der Waals surface area contributed by atoms with Crippen molar-refractivity contribution in [2.75, 3.05) is 19.6 Å². The lowest BCUT2D eigenvalue weighted by Gasteiger charge is -2.36. The largest absolute Gasteiger partial charge is 0.307 e. The van der Waals surface area contributed by atoms with Gasteiger partial charge in [0.05, 0.1) is 6.04 Å². The van der Waals surface area contributed by atoms with Crippen LogP contribution in [0.4, 0.5) is 8.78 Å². The lowest BCUT2D eigenvalue weighted by molar-refractivity contribution is 0.0442. The summed E-state index contributed by atoms with van der Waals surface area (Å²) in [5.74, 6) is 0. The monoisotopic (exact) mass is 192 g/mol. The Morgan fingerprint density at radius 3 is 2.77 bits per heavy atom. The summed E-state index contributed by atoms with van der Waals surface area (Å²) in [7, 11) is 0. The minimum absolute atomic E-state index is 0.420. The summed E-state index contributed by atoms with van der Waals surface area (Å²) >= 11 is 0. The third-order valence-corrected chi connectivity index (χ3v) is 2.76. The van der Waals surface area contributed by atoms with Crippen LogP contribution in [0, 0.1) is 0 Å². The third-order valence-electron chi connectivity index (χ3n) is 2.76. The number of nitrogens with one attached hydrogen (secondary N) is 1. The number of nitrogens with zero attached hydrogens (tertiary/aromatic N) is 1. The van der Waals surface area contributed by atoms with Crippen molar-refractivity contribution >= 4 is 0 Å². The second kappa shape index (κ2) is 4.86. The first-order valence-electron chi connectivity index (χ1n) is 4.90. The van der Waals surface area contributed by atoms with Crippen LogP contribution in [-0.4, -0.2) is 43.0 Å². The molecule has 1 saturated heterocycles. The van der Waals surface area contributed by atoms with E-state index in [1.807, 2.05) is 0 Å². The molecule has 4 heteroatoms. The molecule has 0 radical (unpaired) electrons. The van der Waals surface area contributed by atoms with Crippen LogP contribution in [0.2, 0.25) is 0 Å². The Balaban J connectivity index is 2.41. The fourth-order valence-corrected chi connectivity index (χ4v) is 1.63. The predicted octanol–water partition coefficient (Wildman–Crippen LogP) is 1.32. The molecule has 0 aromatic rings. The maximum atomic E-state index is 12.4. The van der Waals surface area contributed by atoms with Gasteiger partial charge >= 0.3 is 0 Å². The summed E-state index contributed by atoms with van der Waals surface area (Å²) in [5, 5.41) is 2.84. The molecular formula is C9H18F2N2. The third kappa shape index (κ3) is 2.88. The molecule has 1 heterocycles. The first kappa shape index (κ1) is 10.9. The van der Waals surface area contributed by atoms with E-state index in [1.54, 1.807) is 0 Å². The molecular weight excluding hydrogens is 174 g/mol. The first-order valence-corrected chi connectivity index (χ1v) is 4.90. The van der Waals surface area contributed by atoms with Crippen LogP contribution in [0.5, 0.6) is 0 Å². The predicted molar refractivity (Wildman–Crippen MR) is 49.1 cm³/mol. The van der Waals surface area contributed by atoms with Crippen LogP contribution in [-0.2, 0) is 0 Å². The van der Waals surface area contributed by atoms with Crippen LogP contribution in [0.25, 0.3) is 0 Å². The normalized spacial score (nSPS) is 27.9. The van der Waals surface area contributed by atoms with Gasteiger partial charge < -0.3 is 5.32 Å². The van der Waals surface area contributed by atoms with Crippen molar-refractivity contribution in [1.82, 2.24) is 10.2 Å². The van der Waals surface area contributed by atoms with Gasteiger partial charge in [0, 0.05) is 25.7 Å². The van der Waals surface area contributed by atoms with Gasteiger partial charge in [0.15, 0.2) is 0 Å². The molecule has 0 aromatic carbocycles.